The Labute approximate surface area is 168 Å². The van der Waals surface area contributed by atoms with Gasteiger partial charge in [-0.25, -0.2) is 8.42 Å². The summed E-state index contributed by atoms with van der Waals surface area (Å²) >= 11 is 0. The summed E-state index contributed by atoms with van der Waals surface area (Å²) in [5.74, 6) is 0.0824. The van der Waals surface area contributed by atoms with Gasteiger partial charge in [-0.05, 0) is 56.3 Å². The van der Waals surface area contributed by atoms with E-state index < -0.39 is 10.0 Å². The number of carbonyl (C=O) groups is 1. The largest absolute Gasteiger partial charge is 0.349 e. The van der Waals surface area contributed by atoms with E-state index in [1.54, 1.807) is 18.2 Å². The number of nitrogens with zero attached hydrogens (tertiary/aromatic N) is 1. The lowest BCUT2D eigenvalue weighted by Gasteiger charge is -2.31. The molecule has 1 aromatic rings. The maximum atomic E-state index is 12.8. The van der Waals surface area contributed by atoms with Gasteiger partial charge in [0.25, 0.3) is 5.91 Å². The molecule has 2 fully saturated rings. The number of benzene rings is 1. The Morgan fingerprint density at radius 1 is 1.11 bits per heavy atom. The molecule has 0 radical (unpaired) electrons. The summed E-state index contributed by atoms with van der Waals surface area (Å²) in [4.78, 5) is 12.9. The fourth-order valence-electron chi connectivity index (χ4n) is 3.98. The quantitative estimate of drug-likeness (QED) is 0.772. The van der Waals surface area contributed by atoms with Crippen LogP contribution < -0.4 is 11.1 Å². The molecule has 1 aromatic carbocycles. The first-order chi connectivity index (χ1) is 12.5. The molecular weight excluding hydrogens is 386 g/mol. The zero-order chi connectivity index (χ0) is 18.6. The van der Waals surface area contributed by atoms with E-state index >= 15 is 0 Å². The van der Waals surface area contributed by atoms with Gasteiger partial charge in [-0.2, -0.15) is 4.31 Å². The Balaban J connectivity index is 0.00000261. The van der Waals surface area contributed by atoms with Crippen LogP contribution >= 0.6 is 12.4 Å². The molecule has 6 nitrogen and oxygen atoms in total. The van der Waals surface area contributed by atoms with Crippen LogP contribution in [0.3, 0.4) is 0 Å². The van der Waals surface area contributed by atoms with E-state index in [9.17, 15) is 13.2 Å². The Kier molecular flexibility index (Phi) is 8.09. The molecule has 0 bridgehead atoms. The predicted molar refractivity (Wildman–Crippen MR) is 109 cm³/mol. The number of rotatable bonds is 5. The third-order valence-electron chi connectivity index (χ3n) is 5.58. The van der Waals surface area contributed by atoms with Crippen LogP contribution in [0.1, 0.15) is 55.3 Å². The molecule has 0 spiro atoms. The van der Waals surface area contributed by atoms with Crippen LogP contribution in [0.5, 0.6) is 0 Å². The van der Waals surface area contributed by atoms with Gasteiger partial charge in [0.15, 0.2) is 0 Å². The van der Waals surface area contributed by atoms with Crippen molar-refractivity contribution in [2.24, 2.45) is 11.7 Å². The van der Waals surface area contributed by atoms with Crippen molar-refractivity contribution in [1.82, 2.24) is 9.62 Å². The Morgan fingerprint density at radius 2 is 1.81 bits per heavy atom. The van der Waals surface area contributed by atoms with Gasteiger partial charge in [0.1, 0.15) is 0 Å². The highest BCUT2D eigenvalue weighted by molar-refractivity contribution is 7.89. The standard InChI is InChI=1S/C19H29N3O3S.ClH/c20-14-16-7-2-3-10-18(16)21-19(23)15-8-6-9-17(13-15)26(24,25)22-11-4-1-5-12-22;/h6,8-9,13,16,18H,1-5,7,10-12,14,20H2,(H,21,23);1H. The van der Waals surface area contributed by atoms with Gasteiger partial charge in [-0.3, -0.25) is 4.79 Å². The normalized spacial score (nSPS) is 24.0. The molecule has 152 valence electrons. The molecule has 3 N–H and O–H groups in total. The lowest BCUT2D eigenvalue weighted by molar-refractivity contribution is 0.0908. The average molecular weight is 416 g/mol. The Morgan fingerprint density at radius 3 is 2.52 bits per heavy atom. The van der Waals surface area contributed by atoms with Crippen LogP contribution in [-0.2, 0) is 10.0 Å². The van der Waals surface area contributed by atoms with E-state index in [2.05, 4.69) is 5.32 Å². The second-order valence-electron chi connectivity index (χ2n) is 7.35. The highest BCUT2D eigenvalue weighted by atomic mass is 35.5. The molecule has 8 heteroatoms. The van der Waals surface area contributed by atoms with Gasteiger partial charge in [-0.1, -0.05) is 25.3 Å². The van der Waals surface area contributed by atoms with Crippen molar-refractivity contribution in [2.75, 3.05) is 19.6 Å². The van der Waals surface area contributed by atoms with Crippen molar-refractivity contribution < 1.29 is 13.2 Å². The van der Waals surface area contributed by atoms with E-state index in [-0.39, 0.29) is 29.3 Å². The second kappa shape index (κ2) is 9.87. The minimum absolute atomic E-state index is 0. The summed E-state index contributed by atoms with van der Waals surface area (Å²) in [5.41, 5.74) is 6.23. The molecule has 1 amide bonds. The van der Waals surface area contributed by atoms with Crippen molar-refractivity contribution >= 4 is 28.3 Å². The summed E-state index contributed by atoms with van der Waals surface area (Å²) in [6.07, 6.45) is 7.05. The maximum Gasteiger partial charge on any atom is 0.251 e. The van der Waals surface area contributed by atoms with E-state index in [4.69, 9.17) is 5.73 Å². The van der Waals surface area contributed by atoms with E-state index in [0.29, 0.717) is 31.1 Å². The number of hydrogen-bond donors (Lipinski definition) is 2. The van der Waals surface area contributed by atoms with Gasteiger partial charge in [-0.15, -0.1) is 12.4 Å². The summed E-state index contributed by atoms with van der Waals surface area (Å²) in [6.45, 7) is 1.67. The SMILES string of the molecule is Cl.NCC1CCCCC1NC(=O)c1cccc(S(=O)(=O)N2CCCCC2)c1. The van der Waals surface area contributed by atoms with Crippen molar-refractivity contribution in [1.29, 1.82) is 0 Å². The number of piperidine rings is 1. The number of nitrogens with one attached hydrogen (secondary N) is 1. The van der Waals surface area contributed by atoms with Crippen molar-refractivity contribution in [3.05, 3.63) is 29.8 Å². The van der Waals surface area contributed by atoms with Gasteiger partial charge in [0, 0.05) is 24.7 Å². The summed E-state index contributed by atoms with van der Waals surface area (Å²) in [6, 6.07) is 6.46. The van der Waals surface area contributed by atoms with Gasteiger partial charge in [0.05, 0.1) is 4.90 Å². The first-order valence-electron chi connectivity index (χ1n) is 9.63. The molecule has 1 aliphatic carbocycles. The second-order valence-corrected chi connectivity index (χ2v) is 9.29. The van der Waals surface area contributed by atoms with Crippen LogP contribution in [0.15, 0.2) is 29.2 Å². The molecule has 2 atom stereocenters. The van der Waals surface area contributed by atoms with Crippen LogP contribution in [0.4, 0.5) is 0 Å². The number of sulfonamides is 1. The minimum atomic E-state index is -3.53. The lowest BCUT2D eigenvalue weighted by atomic mass is 9.84. The van der Waals surface area contributed by atoms with E-state index in [1.807, 2.05) is 0 Å². The number of amides is 1. The summed E-state index contributed by atoms with van der Waals surface area (Å²) < 4.78 is 27.2. The predicted octanol–water partition coefficient (Wildman–Crippen LogP) is 2.53. The molecule has 3 rings (SSSR count). The molecular formula is C19H30ClN3O3S. The Bertz CT molecular complexity index is 735. The van der Waals surface area contributed by atoms with Crippen LogP contribution in [0, 0.1) is 5.92 Å². The highest BCUT2D eigenvalue weighted by Crippen LogP contribution is 2.25. The molecule has 0 aromatic heterocycles. The fraction of sp³-hybridized carbons (Fsp3) is 0.632. The summed E-state index contributed by atoms with van der Waals surface area (Å²) in [7, 11) is -3.53. The van der Waals surface area contributed by atoms with E-state index in [0.717, 1.165) is 44.9 Å². The molecule has 2 aliphatic rings. The van der Waals surface area contributed by atoms with Gasteiger partial charge >= 0.3 is 0 Å². The lowest BCUT2D eigenvalue weighted by Crippen LogP contribution is -2.44. The third kappa shape index (κ3) is 5.22. The monoisotopic (exact) mass is 415 g/mol. The Hall–Kier alpha value is -1.15. The first-order valence-corrected chi connectivity index (χ1v) is 11.1. The van der Waals surface area contributed by atoms with E-state index in [1.165, 1.54) is 10.4 Å². The number of halogens is 1. The van der Waals surface area contributed by atoms with Crippen LogP contribution in [0.25, 0.3) is 0 Å². The number of carbonyl (C=O) groups excluding carboxylic acids is 1. The third-order valence-corrected chi connectivity index (χ3v) is 7.47. The zero-order valence-corrected chi connectivity index (χ0v) is 17.2. The maximum absolute atomic E-state index is 12.8. The van der Waals surface area contributed by atoms with Crippen LogP contribution in [-0.4, -0.2) is 44.3 Å². The molecule has 1 heterocycles. The van der Waals surface area contributed by atoms with Crippen molar-refractivity contribution in [3.63, 3.8) is 0 Å². The topological polar surface area (TPSA) is 92.5 Å². The number of hydrogen-bond acceptors (Lipinski definition) is 4. The molecule has 2 unspecified atom stereocenters. The smallest absolute Gasteiger partial charge is 0.251 e. The van der Waals surface area contributed by atoms with Crippen molar-refractivity contribution in [3.8, 4) is 0 Å². The van der Waals surface area contributed by atoms with Crippen molar-refractivity contribution in [2.45, 2.75) is 55.9 Å². The van der Waals surface area contributed by atoms with Crippen LogP contribution in [0.2, 0.25) is 0 Å². The molecule has 27 heavy (non-hydrogen) atoms. The fourth-order valence-corrected chi connectivity index (χ4v) is 5.55. The molecule has 1 saturated heterocycles. The molecule has 1 aliphatic heterocycles. The van der Waals surface area contributed by atoms with Gasteiger partial charge < -0.3 is 11.1 Å². The van der Waals surface area contributed by atoms with Gasteiger partial charge in [0.2, 0.25) is 10.0 Å². The first kappa shape index (κ1) is 22.1. The average Bonchev–Trinajstić information content (AvgIpc) is 2.69. The highest BCUT2D eigenvalue weighted by Gasteiger charge is 2.28. The number of nitrogens with two attached hydrogens (primary N) is 1. The minimum Gasteiger partial charge on any atom is -0.349 e. The zero-order valence-electron chi connectivity index (χ0n) is 15.6. The molecule has 1 saturated carbocycles. The summed E-state index contributed by atoms with van der Waals surface area (Å²) in [5, 5.41) is 3.07.